The number of ether oxygens (including phenoxy) is 8. The molecule has 2 heterocycles. The fourth-order valence-corrected chi connectivity index (χ4v) is 8.29. The number of methoxy groups -OCH3 is 6. The lowest BCUT2D eigenvalue weighted by molar-refractivity contribution is 0.162. The first-order valence-corrected chi connectivity index (χ1v) is 17.2. The van der Waals surface area contributed by atoms with E-state index >= 15 is 0 Å². The van der Waals surface area contributed by atoms with Gasteiger partial charge in [0.05, 0.1) is 42.7 Å². The van der Waals surface area contributed by atoms with Gasteiger partial charge < -0.3 is 37.9 Å². The van der Waals surface area contributed by atoms with Gasteiger partial charge >= 0.3 is 0 Å². The van der Waals surface area contributed by atoms with Gasteiger partial charge in [-0.25, -0.2) is 9.98 Å². The summed E-state index contributed by atoms with van der Waals surface area (Å²) in [5, 5.41) is 0. The Bertz CT molecular complexity index is 1840. The van der Waals surface area contributed by atoms with E-state index in [4.69, 9.17) is 47.9 Å². The molecule has 51 heavy (non-hydrogen) atoms. The predicted molar refractivity (Wildman–Crippen MR) is 192 cm³/mol. The second-order valence-electron chi connectivity index (χ2n) is 13.4. The molecule has 0 saturated carbocycles. The predicted octanol–water partition coefficient (Wildman–Crippen LogP) is 6.70. The molecule has 0 bridgehead atoms. The van der Waals surface area contributed by atoms with Crippen molar-refractivity contribution in [3.05, 3.63) is 106 Å². The number of hydrogen-bond donors (Lipinski definition) is 0. The molecular formula is C41H42N2O8. The number of benzene rings is 4. The first-order valence-electron chi connectivity index (χ1n) is 17.2. The molecule has 4 aliphatic rings. The van der Waals surface area contributed by atoms with Crippen LogP contribution in [0, 0.1) is 5.41 Å². The van der Waals surface area contributed by atoms with E-state index in [1.165, 1.54) is 22.3 Å². The molecule has 264 valence electrons. The third kappa shape index (κ3) is 5.39. The van der Waals surface area contributed by atoms with Crippen molar-refractivity contribution in [2.75, 3.05) is 42.7 Å². The van der Waals surface area contributed by atoms with Gasteiger partial charge in [0.1, 0.15) is 29.7 Å². The van der Waals surface area contributed by atoms with E-state index in [9.17, 15) is 0 Å². The van der Waals surface area contributed by atoms with Crippen LogP contribution >= 0.6 is 0 Å². The van der Waals surface area contributed by atoms with Crippen molar-refractivity contribution in [3.63, 3.8) is 0 Å². The van der Waals surface area contributed by atoms with Crippen LogP contribution in [0.25, 0.3) is 0 Å². The van der Waals surface area contributed by atoms with Gasteiger partial charge in [-0.2, -0.15) is 0 Å². The Labute approximate surface area is 297 Å². The zero-order valence-electron chi connectivity index (χ0n) is 29.7. The van der Waals surface area contributed by atoms with Gasteiger partial charge in [-0.3, -0.25) is 0 Å². The van der Waals surface area contributed by atoms with E-state index in [-0.39, 0.29) is 24.3 Å². The van der Waals surface area contributed by atoms with Gasteiger partial charge in [0.25, 0.3) is 0 Å². The summed E-state index contributed by atoms with van der Waals surface area (Å²) in [5.41, 5.74) is 5.72. The van der Waals surface area contributed by atoms with Gasteiger partial charge in [0.15, 0.2) is 23.0 Å². The summed E-state index contributed by atoms with van der Waals surface area (Å²) >= 11 is 0. The van der Waals surface area contributed by atoms with Crippen LogP contribution in [0.15, 0.2) is 82.8 Å². The highest BCUT2D eigenvalue weighted by Gasteiger charge is 2.55. The van der Waals surface area contributed by atoms with Crippen molar-refractivity contribution in [1.82, 2.24) is 0 Å². The van der Waals surface area contributed by atoms with E-state index in [0.717, 1.165) is 24.0 Å². The Morgan fingerprint density at radius 2 is 0.922 bits per heavy atom. The molecule has 0 N–H and O–H groups in total. The Balaban J connectivity index is 1.34. The fraction of sp³-hybridized carbons (Fsp3) is 0.366. The normalized spacial score (nSPS) is 20.9. The third-order valence-corrected chi connectivity index (χ3v) is 10.6. The molecule has 4 aromatic rings. The quantitative estimate of drug-likeness (QED) is 0.162. The van der Waals surface area contributed by atoms with E-state index in [2.05, 4.69) is 48.5 Å². The Hall–Kier alpha value is -5.38. The molecule has 4 atom stereocenters. The van der Waals surface area contributed by atoms with Gasteiger partial charge in [0, 0.05) is 12.8 Å². The maximum atomic E-state index is 7.01. The second kappa shape index (κ2) is 13.1. The number of aliphatic imine (C=N–C) groups is 2. The molecule has 0 aromatic heterocycles. The van der Waals surface area contributed by atoms with E-state index < -0.39 is 5.41 Å². The smallest absolute Gasteiger partial charge is 0.203 e. The molecule has 2 aliphatic carbocycles. The lowest BCUT2D eigenvalue weighted by atomic mass is 9.75. The molecule has 2 aliphatic heterocycles. The van der Waals surface area contributed by atoms with E-state index in [0.29, 0.717) is 59.1 Å². The van der Waals surface area contributed by atoms with Crippen molar-refractivity contribution in [1.29, 1.82) is 0 Å². The summed E-state index contributed by atoms with van der Waals surface area (Å²) in [4.78, 5) is 10.9. The highest BCUT2D eigenvalue weighted by molar-refractivity contribution is 6.07. The van der Waals surface area contributed by atoms with Crippen LogP contribution in [0.5, 0.6) is 34.5 Å². The zero-order chi connectivity index (χ0) is 35.3. The standard InChI is InChI=1S/C41H42N2O8/c1-44-31-15-23(16-32(45-2)37(31)48-5)21-41(22-24-17-33(46-3)38(49-6)34(18-24)47-4,39-42-35-27-13-9-7-11-25(27)19-29(35)50-39)40-43-36-28-14-10-8-12-26(28)20-30(36)51-40/h7-18,29-30,35-36H,19-22H2,1-6H3/t29-,30-,35+,36+/m1/s1. The van der Waals surface area contributed by atoms with Gasteiger partial charge in [-0.1, -0.05) is 48.5 Å². The molecular weight excluding hydrogens is 648 g/mol. The molecule has 0 unspecified atom stereocenters. The van der Waals surface area contributed by atoms with E-state index in [1.807, 2.05) is 24.3 Å². The molecule has 0 saturated heterocycles. The van der Waals surface area contributed by atoms with E-state index in [1.54, 1.807) is 42.7 Å². The highest BCUT2D eigenvalue weighted by Crippen LogP contribution is 2.51. The monoisotopic (exact) mass is 690 g/mol. The molecule has 8 rings (SSSR count). The topological polar surface area (TPSA) is 98.6 Å². The van der Waals surface area contributed by atoms with Crippen LogP contribution in [0.3, 0.4) is 0 Å². The number of fused-ring (bicyclic) bond motifs is 6. The van der Waals surface area contributed by atoms with Crippen molar-refractivity contribution < 1.29 is 37.9 Å². The third-order valence-electron chi connectivity index (χ3n) is 10.6. The SMILES string of the molecule is COc1cc(CC(Cc2cc(OC)c(OC)c(OC)c2)(C2=N[C@H]3c4ccccc4C[C@H]3O2)C2=N[C@H]3c4ccccc4C[C@H]3O2)cc(OC)c1OC. The maximum absolute atomic E-state index is 7.01. The molecule has 10 heteroatoms. The second-order valence-corrected chi connectivity index (χ2v) is 13.4. The molecule has 0 amide bonds. The summed E-state index contributed by atoms with van der Waals surface area (Å²) in [7, 11) is 9.69. The van der Waals surface area contributed by atoms with Crippen molar-refractivity contribution in [3.8, 4) is 34.5 Å². The van der Waals surface area contributed by atoms with Gasteiger partial charge in [-0.15, -0.1) is 0 Å². The van der Waals surface area contributed by atoms with Crippen LogP contribution in [-0.2, 0) is 35.2 Å². The average molecular weight is 691 g/mol. The van der Waals surface area contributed by atoms with Crippen LogP contribution in [0.2, 0.25) is 0 Å². The zero-order valence-corrected chi connectivity index (χ0v) is 29.7. The summed E-state index contributed by atoms with van der Waals surface area (Å²) in [5.74, 6) is 4.40. The average Bonchev–Trinajstić information content (AvgIpc) is 3.93. The summed E-state index contributed by atoms with van der Waals surface area (Å²) in [6, 6.07) is 24.5. The van der Waals surface area contributed by atoms with Gasteiger partial charge in [0.2, 0.25) is 23.3 Å². The van der Waals surface area contributed by atoms with Crippen LogP contribution in [0.4, 0.5) is 0 Å². The minimum Gasteiger partial charge on any atom is -0.493 e. The first kappa shape index (κ1) is 32.8. The minimum atomic E-state index is -0.992. The molecule has 4 aromatic carbocycles. The van der Waals surface area contributed by atoms with Crippen molar-refractivity contribution in [2.45, 2.75) is 50.0 Å². The van der Waals surface area contributed by atoms with Crippen molar-refractivity contribution >= 4 is 11.8 Å². The minimum absolute atomic E-state index is 0.140. The Morgan fingerprint density at radius 1 is 0.549 bits per heavy atom. The lowest BCUT2D eigenvalue weighted by Gasteiger charge is -2.34. The summed E-state index contributed by atoms with van der Waals surface area (Å²) in [6.45, 7) is 0. The number of rotatable bonds is 12. The van der Waals surface area contributed by atoms with Crippen LogP contribution in [-0.4, -0.2) is 66.7 Å². The molecule has 0 radical (unpaired) electrons. The maximum Gasteiger partial charge on any atom is 0.203 e. The number of hydrogen-bond acceptors (Lipinski definition) is 10. The number of nitrogens with zero attached hydrogens (tertiary/aromatic N) is 2. The Kier molecular flexibility index (Phi) is 8.40. The summed E-state index contributed by atoms with van der Waals surface area (Å²) < 4.78 is 48.7. The van der Waals surface area contributed by atoms with Gasteiger partial charge in [-0.05, 0) is 70.5 Å². The summed E-state index contributed by atoms with van der Waals surface area (Å²) in [6.07, 6.45) is 2.06. The van der Waals surface area contributed by atoms with Crippen LogP contribution < -0.4 is 28.4 Å². The molecule has 0 spiro atoms. The lowest BCUT2D eigenvalue weighted by Crippen LogP contribution is -2.45. The van der Waals surface area contributed by atoms with Crippen molar-refractivity contribution in [2.24, 2.45) is 15.4 Å². The first-order chi connectivity index (χ1) is 24.9. The van der Waals surface area contributed by atoms with Crippen LogP contribution in [0.1, 0.15) is 45.5 Å². The molecule has 10 nitrogen and oxygen atoms in total. The largest absolute Gasteiger partial charge is 0.493 e. The fourth-order valence-electron chi connectivity index (χ4n) is 8.29. The molecule has 0 fully saturated rings. The Morgan fingerprint density at radius 3 is 1.27 bits per heavy atom. The highest BCUT2D eigenvalue weighted by atomic mass is 16.5.